The minimum absolute atomic E-state index is 0.0169. The highest BCUT2D eigenvalue weighted by atomic mass is 16.3. The number of amides is 1. The van der Waals surface area contributed by atoms with Crippen molar-refractivity contribution in [1.82, 2.24) is 10.2 Å². The van der Waals surface area contributed by atoms with Crippen molar-refractivity contribution in [3.05, 3.63) is 12.7 Å². The quantitative estimate of drug-likeness (QED) is 0.574. The molecule has 0 aromatic rings. The molecule has 0 fully saturated rings. The van der Waals surface area contributed by atoms with Crippen molar-refractivity contribution < 1.29 is 9.90 Å². The number of hydrogen-bond donors (Lipinski definition) is 2. The van der Waals surface area contributed by atoms with E-state index in [1.54, 1.807) is 6.08 Å². The third-order valence-electron chi connectivity index (χ3n) is 2.25. The molecule has 0 aliphatic rings. The molecular weight excluding hydrogens is 192 g/mol. The van der Waals surface area contributed by atoms with Gasteiger partial charge in [-0.1, -0.05) is 13.0 Å². The second-order valence-electron chi connectivity index (χ2n) is 3.47. The Balaban J connectivity index is 4.14. The Hall–Kier alpha value is -0.870. The number of aliphatic hydroxyl groups excluding tert-OH is 1. The van der Waals surface area contributed by atoms with Crippen LogP contribution in [0.15, 0.2) is 12.7 Å². The van der Waals surface area contributed by atoms with E-state index in [1.165, 1.54) is 0 Å². The summed E-state index contributed by atoms with van der Waals surface area (Å²) in [5.41, 5.74) is 0. The van der Waals surface area contributed by atoms with Crippen LogP contribution in [-0.2, 0) is 4.79 Å². The number of carbonyl (C=O) groups excluding carboxylic acids is 1. The molecule has 0 radical (unpaired) electrons. The Labute approximate surface area is 92.0 Å². The maximum atomic E-state index is 11.6. The van der Waals surface area contributed by atoms with E-state index in [9.17, 15) is 4.79 Å². The van der Waals surface area contributed by atoms with Crippen LogP contribution in [0.2, 0.25) is 0 Å². The summed E-state index contributed by atoms with van der Waals surface area (Å²) in [5, 5.41) is 11.6. The topological polar surface area (TPSA) is 52.6 Å². The van der Waals surface area contributed by atoms with Gasteiger partial charge in [0.05, 0.1) is 12.6 Å². The molecule has 0 rings (SSSR count). The first-order valence-electron chi connectivity index (χ1n) is 5.40. The number of aliphatic hydroxyl groups is 1. The van der Waals surface area contributed by atoms with Gasteiger partial charge in [-0.3, -0.25) is 9.69 Å². The summed E-state index contributed by atoms with van der Waals surface area (Å²) in [5.74, 6) is -0.0169. The summed E-state index contributed by atoms with van der Waals surface area (Å²) in [6, 6.07) is -0.197. The first-order chi connectivity index (χ1) is 7.17. The molecule has 0 heterocycles. The summed E-state index contributed by atoms with van der Waals surface area (Å²) in [4.78, 5) is 13.6. The van der Waals surface area contributed by atoms with Gasteiger partial charge in [0.2, 0.25) is 5.91 Å². The van der Waals surface area contributed by atoms with Gasteiger partial charge in [-0.15, -0.1) is 6.58 Å². The standard InChI is InChI=1S/C11H22N2O2/c1-4-6-12-11(15)10(3)13(7-5-2)8-9-14/h4,10,14H,1,5-9H2,2-3H3,(H,12,15). The smallest absolute Gasteiger partial charge is 0.237 e. The first kappa shape index (κ1) is 14.1. The zero-order chi connectivity index (χ0) is 11.7. The maximum Gasteiger partial charge on any atom is 0.237 e. The van der Waals surface area contributed by atoms with Gasteiger partial charge in [-0.2, -0.15) is 0 Å². The lowest BCUT2D eigenvalue weighted by Gasteiger charge is -2.26. The minimum atomic E-state index is -0.197. The molecule has 0 saturated carbocycles. The van der Waals surface area contributed by atoms with E-state index in [2.05, 4.69) is 18.8 Å². The number of nitrogens with one attached hydrogen (secondary N) is 1. The number of rotatable bonds is 8. The van der Waals surface area contributed by atoms with Crippen molar-refractivity contribution >= 4 is 5.91 Å². The monoisotopic (exact) mass is 214 g/mol. The number of carbonyl (C=O) groups is 1. The molecule has 0 bridgehead atoms. The Morgan fingerprint density at radius 2 is 2.27 bits per heavy atom. The molecule has 0 aromatic heterocycles. The molecule has 1 unspecified atom stereocenters. The normalized spacial score (nSPS) is 12.5. The zero-order valence-corrected chi connectivity index (χ0v) is 9.70. The van der Waals surface area contributed by atoms with E-state index in [4.69, 9.17) is 5.11 Å². The Kier molecular flexibility index (Phi) is 7.95. The van der Waals surface area contributed by atoms with Gasteiger partial charge in [0.25, 0.3) is 0 Å². The summed E-state index contributed by atoms with van der Waals surface area (Å²) >= 11 is 0. The molecule has 2 N–H and O–H groups in total. The number of hydrogen-bond acceptors (Lipinski definition) is 3. The largest absolute Gasteiger partial charge is 0.395 e. The fraction of sp³-hybridized carbons (Fsp3) is 0.727. The molecule has 1 amide bonds. The van der Waals surface area contributed by atoms with E-state index < -0.39 is 0 Å². The Bertz CT molecular complexity index is 189. The van der Waals surface area contributed by atoms with Crippen LogP contribution >= 0.6 is 0 Å². The molecule has 0 aromatic carbocycles. The lowest BCUT2D eigenvalue weighted by molar-refractivity contribution is -0.125. The fourth-order valence-electron chi connectivity index (χ4n) is 1.40. The summed E-state index contributed by atoms with van der Waals surface area (Å²) in [6.45, 7) is 9.38. The van der Waals surface area contributed by atoms with Gasteiger partial charge in [0.1, 0.15) is 0 Å². The molecule has 0 aliphatic heterocycles. The van der Waals surface area contributed by atoms with Crippen LogP contribution in [-0.4, -0.2) is 48.2 Å². The third kappa shape index (κ3) is 5.54. The molecule has 0 aliphatic carbocycles. The average molecular weight is 214 g/mol. The van der Waals surface area contributed by atoms with Crippen molar-refractivity contribution in [3.8, 4) is 0 Å². The molecule has 88 valence electrons. The van der Waals surface area contributed by atoms with Crippen molar-refractivity contribution in [2.24, 2.45) is 0 Å². The van der Waals surface area contributed by atoms with Crippen molar-refractivity contribution in [3.63, 3.8) is 0 Å². The minimum Gasteiger partial charge on any atom is -0.395 e. The van der Waals surface area contributed by atoms with Crippen molar-refractivity contribution in [1.29, 1.82) is 0 Å². The van der Waals surface area contributed by atoms with Crippen LogP contribution in [0.4, 0.5) is 0 Å². The van der Waals surface area contributed by atoms with Crippen LogP contribution in [0.5, 0.6) is 0 Å². The van der Waals surface area contributed by atoms with Crippen molar-refractivity contribution in [2.75, 3.05) is 26.2 Å². The van der Waals surface area contributed by atoms with Gasteiger partial charge in [-0.25, -0.2) is 0 Å². The fourth-order valence-corrected chi connectivity index (χ4v) is 1.40. The van der Waals surface area contributed by atoms with E-state index in [0.29, 0.717) is 13.1 Å². The lowest BCUT2D eigenvalue weighted by atomic mass is 10.2. The first-order valence-corrected chi connectivity index (χ1v) is 5.40. The highest BCUT2D eigenvalue weighted by Gasteiger charge is 2.19. The van der Waals surface area contributed by atoms with Crippen LogP contribution < -0.4 is 5.32 Å². The second-order valence-corrected chi connectivity index (χ2v) is 3.47. The van der Waals surface area contributed by atoms with Gasteiger partial charge in [0, 0.05) is 13.1 Å². The van der Waals surface area contributed by atoms with Crippen LogP contribution in [0.25, 0.3) is 0 Å². The van der Waals surface area contributed by atoms with Gasteiger partial charge in [0.15, 0.2) is 0 Å². The third-order valence-corrected chi connectivity index (χ3v) is 2.25. The number of nitrogens with zero attached hydrogens (tertiary/aromatic N) is 1. The van der Waals surface area contributed by atoms with Gasteiger partial charge >= 0.3 is 0 Å². The Morgan fingerprint density at radius 1 is 1.60 bits per heavy atom. The molecule has 4 heteroatoms. The highest BCUT2D eigenvalue weighted by molar-refractivity contribution is 5.81. The van der Waals surface area contributed by atoms with Gasteiger partial charge in [-0.05, 0) is 19.9 Å². The Morgan fingerprint density at radius 3 is 2.73 bits per heavy atom. The van der Waals surface area contributed by atoms with Gasteiger partial charge < -0.3 is 10.4 Å². The molecule has 15 heavy (non-hydrogen) atoms. The predicted octanol–water partition coefficient (Wildman–Crippen LogP) is 0.381. The SMILES string of the molecule is C=CCNC(=O)C(C)N(CCC)CCO. The molecule has 1 atom stereocenters. The summed E-state index contributed by atoms with van der Waals surface area (Å²) in [7, 11) is 0. The van der Waals surface area contributed by atoms with Crippen LogP contribution in [0.1, 0.15) is 20.3 Å². The van der Waals surface area contributed by atoms with Crippen LogP contribution in [0, 0.1) is 0 Å². The molecule has 0 saturated heterocycles. The van der Waals surface area contributed by atoms with E-state index in [1.807, 2.05) is 11.8 Å². The van der Waals surface area contributed by atoms with E-state index >= 15 is 0 Å². The van der Waals surface area contributed by atoms with Crippen molar-refractivity contribution in [2.45, 2.75) is 26.3 Å². The maximum absolute atomic E-state index is 11.6. The zero-order valence-electron chi connectivity index (χ0n) is 9.70. The lowest BCUT2D eigenvalue weighted by Crippen LogP contribution is -2.46. The molecule has 0 spiro atoms. The van der Waals surface area contributed by atoms with E-state index in [0.717, 1.165) is 13.0 Å². The van der Waals surface area contributed by atoms with Crippen LogP contribution in [0.3, 0.4) is 0 Å². The summed E-state index contributed by atoms with van der Waals surface area (Å²) < 4.78 is 0. The van der Waals surface area contributed by atoms with E-state index in [-0.39, 0.29) is 18.6 Å². The highest BCUT2D eigenvalue weighted by Crippen LogP contribution is 2.00. The average Bonchev–Trinajstić information content (AvgIpc) is 2.24. The molecular formula is C11H22N2O2. The predicted molar refractivity (Wildman–Crippen MR) is 61.6 cm³/mol. The molecule has 4 nitrogen and oxygen atoms in total. The second kappa shape index (κ2) is 8.44. The summed E-state index contributed by atoms with van der Waals surface area (Å²) in [6.07, 6.45) is 2.62.